The van der Waals surface area contributed by atoms with Crippen LogP contribution in [0.2, 0.25) is 0 Å². The predicted molar refractivity (Wildman–Crippen MR) is 84.1 cm³/mol. The molecule has 20 heavy (non-hydrogen) atoms. The van der Waals surface area contributed by atoms with E-state index >= 15 is 0 Å². The van der Waals surface area contributed by atoms with Crippen LogP contribution in [0.25, 0.3) is 0 Å². The average molecular weight is 324 g/mol. The quantitative estimate of drug-likeness (QED) is 0.365. The summed E-state index contributed by atoms with van der Waals surface area (Å²) in [5.74, 6) is -1.17. The highest BCUT2D eigenvalue weighted by molar-refractivity contribution is 8.76. The van der Waals surface area contributed by atoms with E-state index in [4.69, 9.17) is 10.8 Å². The smallest absolute Gasteiger partial charge is 0.321 e. The van der Waals surface area contributed by atoms with E-state index in [0.29, 0.717) is 5.75 Å². The summed E-state index contributed by atoms with van der Waals surface area (Å²) in [6.45, 7) is 5.56. The second-order valence-electron chi connectivity index (χ2n) is 4.40. The van der Waals surface area contributed by atoms with E-state index in [1.165, 1.54) is 21.6 Å². The summed E-state index contributed by atoms with van der Waals surface area (Å²) in [6.07, 6.45) is 1.82. The van der Waals surface area contributed by atoms with Crippen molar-refractivity contribution >= 4 is 33.5 Å². The van der Waals surface area contributed by atoms with Crippen molar-refractivity contribution in [3.05, 3.63) is 0 Å². The van der Waals surface area contributed by atoms with Crippen LogP contribution in [-0.2, 0) is 9.59 Å². The molecule has 0 heterocycles. The minimum absolute atomic E-state index is 0.272. The third kappa shape index (κ3) is 7.98. The van der Waals surface area contributed by atoms with Gasteiger partial charge in [0.25, 0.3) is 0 Å². The summed E-state index contributed by atoms with van der Waals surface area (Å²) >= 11 is 0. The van der Waals surface area contributed by atoms with E-state index in [2.05, 4.69) is 0 Å². The van der Waals surface area contributed by atoms with Gasteiger partial charge in [-0.3, -0.25) is 14.5 Å². The van der Waals surface area contributed by atoms with E-state index in [0.717, 1.165) is 25.9 Å². The molecule has 0 aliphatic carbocycles. The highest BCUT2D eigenvalue weighted by atomic mass is 33.1. The number of hydrogen-bond acceptors (Lipinski definition) is 6. The maximum atomic E-state index is 11.3. The Morgan fingerprint density at radius 3 is 1.95 bits per heavy atom. The predicted octanol–water partition coefficient (Wildman–Crippen LogP) is 1.35. The molecule has 0 aromatic carbocycles. The zero-order valence-corrected chi connectivity index (χ0v) is 13.6. The van der Waals surface area contributed by atoms with Crippen molar-refractivity contribution in [1.29, 1.82) is 0 Å². The maximum absolute atomic E-state index is 11.3. The van der Waals surface area contributed by atoms with Crippen LogP contribution in [-0.4, -0.2) is 63.7 Å². The van der Waals surface area contributed by atoms with Crippen LogP contribution in [0.5, 0.6) is 0 Å². The van der Waals surface area contributed by atoms with Gasteiger partial charge in [0.15, 0.2) is 0 Å². The molecule has 0 bridgehead atoms. The topological polar surface area (TPSA) is 104 Å². The van der Waals surface area contributed by atoms with E-state index < -0.39 is 24.0 Å². The molecular weight excluding hydrogens is 300 g/mol. The Balaban J connectivity index is 4.25. The zero-order valence-electron chi connectivity index (χ0n) is 11.9. The Hall–Kier alpha value is -0.440. The number of carbonyl (C=O) groups is 2. The lowest BCUT2D eigenvalue weighted by atomic mass is 10.2. The second-order valence-corrected chi connectivity index (χ2v) is 6.96. The molecule has 0 aromatic heterocycles. The van der Waals surface area contributed by atoms with Crippen molar-refractivity contribution in [1.82, 2.24) is 4.90 Å². The van der Waals surface area contributed by atoms with Gasteiger partial charge in [0.05, 0.1) is 0 Å². The first kappa shape index (κ1) is 19.6. The van der Waals surface area contributed by atoms with Crippen LogP contribution in [0.1, 0.15) is 26.7 Å². The minimum atomic E-state index is -1.04. The summed E-state index contributed by atoms with van der Waals surface area (Å²) in [4.78, 5) is 23.9. The van der Waals surface area contributed by atoms with Crippen LogP contribution in [0.4, 0.5) is 0 Å². The van der Waals surface area contributed by atoms with Crippen LogP contribution in [0.3, 0.4) is 0 Å². The number of hydrogen-bond donors (Lipinski definition) is 3. The molecule has 0 rings (SSSR count). The first-order valence-corrected chi connectivity index (χ1v) is 9.12. The Morgan fingerprint density at radius 2 is 1.55 bits per heavy atom. The zero-order chi connectivity index (χ0) is 15.5. The van der Waals surface area contributed by atoms with Gasteiger partial charge in [-0.2, -0.15) is 0 Å². The molecule has 4 N–H and O–H groups in total. The van der Waals surface area contributed by atoms with Gasteiger partial charge in [0, 0.05) is 11.5 Å². The lowest BCUT2D eigenvalue weighted by Gasteiger charge is -2.27. The maximum Gasteiger partial charge on any atom is 0.321 e. The lowest BCUT2D eigenvalue weighted by Crippen LogP contribution is -2.43. The largest absolute Gasteiger partial charge is 0.480 e. The Bertz CT molecular complexity index is 299. The van der Waals surface area contributed by atoms with Crippen LogP contribution < -0.4 is 5.73 Å². The van der Waals surface area contributed by atoms with E-state index in [1.807, 2.05) is 18.7 Å². The molecule has 118 valence electrons. The van der Waals surface area contributed by atoms with Gasteiger partial charge < -0.3 is 15.9 Å². The third-order valence-corrected chi connectivity index (χ3v) is 5.05. The van der Waals surface area contributed by atoms with Crippen LogP contribution in [0.15, 0.2) is 0 Å². The van der Waals surface area contributed by atoms with E-state index in [-0.39, 0.29) is 5.75 Å². The number of carboxylic acids is 2. The van der Waals surface area contributed by atoms with Crippen molar-refractivity contribution in [3.63, 3.8) is 0 Å². The number of nitrogens with two attached hydrogens (primary N) is 1. The lowest BCUT2D eigenvalue weighted by molar-refractivity contribution is -0.142. The monoisotopic (exact) mass is 324 g/mol. The molecule has 0 radical (unpaired) electrons. The standard InChI is InChI=1S/C12H24N2O4S2/c1-3-5-14(6-4-2)10(12(17)18)8-20-19-7-9(13)11(15)16/h9-10H,3-8,13H2,1-2H3,(H,15,16)(H,17,18)/t9?,10-/m0/s1. The molecule has 2 atom stereocenters. The fourth-order valence-electron chi connectivity index (χ4n) is 1.64. The first-order chi connectivity index (χ1) is 9.43. The number of carboxylic acid groups (broad SMARTS) is 2. The Morgan fingerprint density at radius 1 is 1.05 bits per heavy atom. The SMILES string of the molecule is CCCN(CCC)[C@@H](CSSCC(N)C(=O)O)C(=O)O. The number of rotatable bonds is 12. The highest BCUT2D eigenvalue weighted by Gasteiger charge is 2.24. The van der Waals surface area contributed by atoms with Gasteiger partial charge >= 0.3 is 11.9 Å². The molecule has 6 nitrogen and oxygen atoms in total. The van der Waals surface area contributed by atoms with Crippen molar-refractivity contribution in [3.8, 4) is 0 Å². The third-order valence-electron chi connectivity index (χ3n) is 2.62. The Kier molecular flexibility index (Phi) is 11.0. The van der Waals surface area contributed by atoms with Gasteiger partial charge in [-0.25, -0.2) is 0 Å². The molecule has 0 saturated carbocycles. The van der Waals surface area contributed by atoms with Crippen LogP contribution >= 0.6 is 21.6 Å². The fraction of sp³-hybridized carbons (Fsp3) is 0.833. The average Bonchev–Trinajstić information content (AvgIpc) is 2.37. The molecular formula is C12H24N2O4S2. The highest BCUT2D eigenvalue weighted by Crippen LogP contribution is 2.24. The number of nitrogens with zero attached hydrogens (tertiary/aromatic N) is 1. The molecule has 0 saturated heterocycles. The van der Waals surface area contributed by atoms with Gasteiger partial charge in [-0.15, -0.1) is 0 Å². The fourth-order valence-corrected chi connectivity index (χ4v) is 4.00. The molecule has 0 amide bonds. The molecule has 0 aliphatic heterocycles. The van der Waals surface area contributed by atoms with E-state index in [1.54, 1.807) is 0 Å². The summed E-state index contributed by atoms with van der Waals surface area (Å²) in [5, 5.41) is 18.0. The first-order valence-electron chi connectivity index (χ1n) is 6.63. The summed E-state index contributed by atoms with van der Waals surface area (Å²) < 4.78 is 0. The van der Waals surface area contributed by atoms with Crippen molar-refractivity contribution in [2.45, 2.75) is 38.8 Å². The normalized spacial score (nSPS) is 14.2. The van der Waals surface area contributed by atoms with Gasteiger partial charge in [0.1, 0.15) is 12.1 Å². The summed E-state index contributed by atoms with van der Waals surface area (Å²) in [5.41, 5.74) is 5.39. The van der Waals surface area contributed by atoms with Crippen molar-refractivity contribution in [2.75, 3.05) is 24.6 Å². The summed E-state index contributed by atoms with van der Waals surface area (Å²) in [6, 6.07) is -1.44. The summed E-state index contributed by atoms with van der Waals surface area (Å²) in [7, 11) is 2.68. The van der Waals surface area contributed by atoms with Crippen molar-refractivity contribution < 1.29 is 19.8 Å². The van der Waals surface area contributed by atoms with E-state index in [9.17, 15) is 14.7 Å². The molecule has 1 unspecified atom stereocenters. The second kappa shape index (κ2) is 11.2. The molecule has 0 spiro atoms. The van der Waals surface area contributed by atoms with Gasteiger partial charge in [-0.05, 0) is 25.9 Å². The molecule has 0 aromatic rings. The molecule has 0 aliphatic rings. The number of aliphatic carboxylic acids is 2. The van der Waals surface area contributed by atoms with Gasteiger partial charge in [-0.1, -0.05) is 35.4 Å². The minimum Gasteiger partial charge on any atom is -0.480 e. The van der Waals surface area contributed by atoms with Gasteiger partial charge in [0.2, 0.25) is 0 Å². The molecule has 8 heteroatoms. The Labute approximate surface area is 127 Å². The molecule has 0 fully saturated rings. The van der Waals surface area contributed by atoms with Crippen LogP contribution in [0, 0.1) is 0 Å². The van der Waals surface area contributed by atoms with Crippen molar-refractivity contribution in [2.24, 2.45) is 5.73 Å².